The molecule has 0 N–H and O–H groups in total. The summed E-state index contributed by atoms with van der Waals surface area (Å²) in [6.45, 7) is 0. The Bertz CT molecular complexity index is 4730. The van der Waals surface area contributed by atoms with Gasteiger partial charge in [-0.15, -0.1) is 0 Å². The molecule has 6 heterocycles. The molecule has 11 aromatic carbocycles. The number of aromatic nitrogens is 4. The van der Waals surface area contributed by atoms with Crippen LogP contribution in [-0.2, 0) is 0 Å². The van der Waals surface area contributed by atoms with Crippen molar-refractivity contribution in [1.82, 2.24) is 17.9 Å². The molecule has 17 rings (SSSR count). The van der Waals surface area contributed by atoms with Crippen molar-refractivity contribution in [2.24, 2.45) is 0 Å². The van der Waals surface area contributed by atoms with Crippen molar-refractivity contribution in [3.8, 4) is 33.6 Å². The quantitative estimate of drug-likeness (QED) is 0.168. The highest BCUT2D eigenvalue weighted by atomic mass is 15.0. The molecule has 0 radical (unpaired) electrons. The van der Waals surface area contributed by atoms with Gasteiger partial charge >= 0.3 is 0 Å². The molecule has 70 heavy (non-hydrogen) atoms. The Morgan fingerprint density at radius 3 is 1.04 bits per heavy atom. The highest BCUT2D eigenvalue weighted by molar-refractivity contribution is 6.40. The molecule has 322 valence electrons. The van der Waals surface area contributed by atoms with Gasteiger partial charge in [0.25, 0.3) is 0 Å². The third kappa shape index (κ3) is 4.56. The van der Waals surface area contributed by atoms with Gasteiger partial charge in [0.15, 0.2) is 0 Å². The lowest BCUT2D eigenvalue weighted by Crippen LogP contribution is -1.94. The standard InChI is InChI=1S/C66H38N4/c1-3-17-39(18-4-1)41-21-15-23-43(33-41)67-55-31-13-9-27-47(55)61-59(67)36-49-45-25-7-11-29-53(45)69-57-38-58-52(35-51(57)63(61)65(49)69)64-62-48-28-10-14-32-56(48)68(44-24-16-22-42(34-44)40-19-5-2-6-20-40)60(62)37-50-46-26-8-12-30-54(46)70(58)66(50)64/h1-38H. The normalized spacial score (nSPS) is 12.6. The maximum Gasteiger partial charge on any atom is 0.0628 e. The van der Waals surface area contributed by atoms with Crippen molar-refractivity contribution in [1.29, 1.82) is 0 Å². The summed E-state index contributed by atoms with van der Waals surface area (Å²) in [5, 5.41) is 15.3. The van der Waals surface area contributed by atoms with Crippen LogP contribution in [0.3, 0.4) is 0 Å². The van der Waals surface area contributed by atoms with Gasteiger partial charge in [0.2, 0.25) is 0 Å². The molecule has 0 fully saturated rings. The van der Waals surface area contributed by atoms with E-state index in [2.05, 4.69) is 248 Å². The summed E-state index contributed by atoms with van der Waals surface area (Å²) in [5.74, 6) is 0. The SMILES string of the molecule is c1ccc(-c2cccc(-n3c4ccccc4c4c5c6cc7c8c9c%10ccccc%10n(-c%10cccc(-c%11ccccc%11)c%10)c9cc9c%10ccccc%10n(c7cc6n6c7ccccc7c(cc43)c56)c98)c2)cc1. The second kappa shape index (κ2) is 13.2. The molecule has 0 atom stereocenters. The Kier molecular flexibility index (Phi) is 6.92. The van der Waals surface area contributed by atoms with Crippen LogP contribution in [0.25, 0.3) is 153 Å². The van der Waals surface area contributed by atoms with E-state index in [0.29, 0.717) is 0 Å². The number of para-hydroxylation sites is 4. The van der Waals surface area contributed by atoms with Gasteiger partial charge in [0, 0.05) is 76.0 Å². The predicted molar refractivity (Wildman–Crippen MR) is 295 cm³/mol. The zero-order chi connectivity index (χ0) is 45.3. The molecule has 0 saturated heterocycles. The van der Waals surface area contributed by atoms with Crippen LogP contribution in [-0.4, -0.2) is 17.9 Å². The summed E-state index contributed by atoms with van der Waals surface area (Å²) >= 11 is 0. The molecule has 6 aromatic heterocycles. The average molecular weight is 887 g/mol. The van der Waals surface area contributed by atoms with Crippen LogP contribution >= 0.6 is 0 Å². The topological polar surface area (TPSA) is 18.7 Å². The predicted octanol–water partition coefficient (Wildman–Crippen LogP) is 17.5. The molecule has 17 aromatic rings. The van der Waals surface area contributed by atoms with E-state index in [1.54, 1.807) is 0 Å². The third-order valence-corrected chi connectivity index (χ3v) is 15.7. The molecule has 0 saturated carbocycles. The van der Waals surface area contributed by atoms with Crippen LogP contribution < -0.4 is 0 Å². The molecule has 4 heteroatoms. The molecular formula is C66H38N4. The van der Waals surface area contributed by atoms with Gasteiger partial charge < -0.3 is 17.9 Å². The summed E-state index contributed by atoms with van der Waals surface area (Å²) in [7, 11) is 0. The van der Waals surface area contributed by atoms with Crippen LogP contribution in [0.5, 0.6) is 0 Å². The maximum absolute atomic E-state index is 2.57. The number of hydrogen-bond acceptors (Lipinski definition) is 0. The molecule has 4 nitrogen and oxygen atoms in total. The van der Waals surface area contributed by atoms with Crippen molar-refractivity contribution in [2.75, 3.05) is 0 Å². The first-order valence-electron chi connectivity index (χ1n) is 24.3. The first-order chi connectivity index (χ1) is 34.8. The Balaban J connectivity index is 1.06. The minimum absolute atomic E-state index is 1.15. The zero-order valence-corrected chi connectivity index (χ0v) is 37.7. The van der Waals surface area contributed by atoms with Crippen molar-refractivity contribution < 1.29 is 0 Å². The van der Waals surface area contributed by atoms with Crippen molar-refractivity contribution in [2.45, 2.75) is 0 Å². The molecule has 0 spiro atoms. The highest BCUT2D eigenvalue weighted by Gasteiger charge is 2.28. The van der Waals surface area contributed by atoms with Gasteiger partial charge in [-0.1, -0.05) is 158 Å². The number of nitrogens with zero attached hydrogens (tertiary/aromatic N) is 4. The number of rotatable bonds is 4. The fraction of sp³-hybridized carbons (Fsp3) is 0. The zero-order valence-electron chi connectivity index (χ0n) is 37.7. The third-order valence-electron chi connectivity index (χ3n) is 15.7. The summed E-state index contributed by atoms with van der Waals surface area (Å²) in [4.78, 5) is 0. The number of benzene rings is 11. The van der Waals surface area contributed by atoms with Crippen molar-refractivity contribution in [3.63, 3.8) is 0 Å². The largest absolute Gasteiger partial charge is 0.309 e. The van der Waals surface area contributed by atoms with E-state index in [1.807, 2.05) is 0 Å². The molecule has 0 bridgehead atoms. The van der Waals surface area contributed by atoms with Crippen LogP contribution in [0, 0.1) is 0 Å². The van der Waals surface area contributed by atoms with Crippen LogP contribution in [0.2, 0.25) is 0 Å². The monoisotopic (exact) mass is 886 g/mol. The Labute approximate surface area is 400 Å². The molecule has 0 aliphatic heterocycles. The van der Waals surface area contributed by atoms with E-state index in [-0.39, 0.29) is 0 Å². The smallest absolute Gasteiger partial charge is 0.0628 e. The average Bonchev–Trinajstić information content (AvgIpc) is 4.26. The van der Waals surface area contributed by atoms with E-state index >= 15 is 0 Å². The van der Waals surface area contributed by atoms with Crippen LogP contribution in [0.4, 0.5) is 0 Å². The lowest BCUT2D eigenvalue weighted by Gasteiger charge is -2.11. The van der Waals surface area contributed by atoms with E-state index in [1.165, 1.54) is 142 Å². The van der Waals surface area contributed by atoms with Gasteiger partial charge in [-0.05, 0) is 95.1 Å². The molecule has 0 aliphatic carbocycles. The van der Waals surface area contributed by atoms with Gasteiger partial charge in [-0.25, -0.2) is 0 Å². The van der Waals surface area contributed by atoms with Crippen molar-refractivity contribution in [3.05, 3.63) is 231 Å². The minimum Gasteiger partial charge on any atom is -0.309 e. The second-order valence-corrected chi connectivity index (χ2v) is 19.2. The fourth-order valence-corrected chi connectivity index (χ4v) is 13.0. The summed E-state index contributed by atoms with van der Waals surface area (Å²) in [6, 6.07) is 85.7. The first kappa shape index (κ1) is 36.7. The minimum atomic E-state index is 1.15. The lowest BCUT2D eigenvalue weighted by atomic mass is 9.99. The van der Waals surface area contributed by atoms with E-state index in [0.717, 1.165) is 11.4 Å². The first-order valence-corrected chi connectivity index (χ1v) is 24.3. The maximum atomic E-state index is 2.57. The Hall–Kier alpha value is -9.38. The van der Waals surface area contributed by atoms with Gasteiger partial charge in [0.05, 0.1) is 55.2 Å². The summed E-state index contributed by atoms with van der Waals surface area (Å²) in [5.41, 5.74) is 19.5. The molecule has 0 unspecified atom stereocenters. The van der Waals surface area contributed by atoms with Crippen LogP contribution in [0.15, 0.2) is 231 Å². The number of fused-ring (bicyclic) bond motifs is 20. The number of hydrogen-bond donors (Lipinski definition) is 0. The highest BCUT2D eigenvalue weighted by Crippen LogP contribution is 2.51. The molecular weight excluding hydrogens is 849 g/mol. The summed E-state index contributed by atoms with van der Waals surface area (Å²) < 4.78 is 10.2. The fourth-order valence-electron chi connectivity index (χ4n) is 13.0. The van der Waals surface area contributed by atoms with Crippen molar-refractivity contribution >= 4 is 120 Å². The van der Waals surface area contributed by atoms with E-state index in [4.69, 9.17) is 0 Å². The van der Waals surface area contributed by atoms with E-state index in [9.17, 15) is 0 Å². The van der Waals surface area contributed by atoms with Gasteiger partial charge in [-0.2, -0.15) is 0 Å². The van der Waals surface area contributed by atoms with E-state index < -0.39 is 0 Å². The Morgan fingerprint density at radius 1 is 0.200 bits per heavy atom. The molecule has 0 aliphatic rings. The van der Waals surface area contributed by atoms with Crippen LogP contribution in [0.1, 0.15) is 0 Å². The lowest BCUT2D eigenvalue weighted by molar-refractivity contribution is 1.18. The van der Waals surface area contributed by atoms with Gasteiger partial charge in [0.1, 0.15) is 0 Å². The van der Waals surface area contributed by atoms with Gasteiger partial charge in [-0.3, -0.25) is 0 Å². The molecule has 0 amide bonds. The summed E-state index contributed by atoms with van der Waals surface area (Å²) in [6.07, 6.45) is 0. The Morgan fingerprint density at radius 2 is 0.586 bits per heavy atom. The second-order valence-electron chi connectivity index (χ2n) is 19.2.